The predicted octanol–water partition coefficient (Wildman–Crippen LogP) is 2.26. The van der Waals surface area contributed by atoms with E-state index in [2.05, 4.69) is 10.3 Å². The molecule has 0 radical (unpaired) electrons. The van der Waals surface area contributed by atoms with Crippen LogP contribution in [0.2, 0.25) is 0 Å². The van der Waals surface area contributed by atoms with Gasteiger partial charge in [0.25, 0.3) is 0 Å². The number of hydrogen-bond acceptors (Lipinski definition) is 4. The van der Waals surface area contributed by atoms with Crippen molar-refractivity contribution in [3.63, 3.8) is 0 Å². The lowest BCUT2D eigenvalue weighted by atomic mass is 10.2. The van der Waals surface area contributed by atoms with Crippen molar-refractivity contribution < 1.29 is 17.6 Å². The zero-order chi connectivity index (χ0) is 17.2. The van der Waals surface area contributed by atoms with E-state index in [0.29, 0.717) is 5.56 Å². The second-order valence-corrected chi connectivity index (χ2v) is 7.92. The number of carbonyl (C=O) groups excluding carboxylic acids is 1. The Labute approximate surface area is 139 Å². The molecule has 5 nitrogen and oxygen atoms in total. The van der Waals surface area contributed by atoms with E-state index in [1.54, 1.807) is 18.3 Å². The SMILES string of the molecule is O=C(NC[C@H](c1cccnc1)S(=O)(=O)c1ccc(F)cc1)C1CC1. The molecule has 1 saturated carbocycles. The smallest absolute Gasteiger partial charge is 0.223 e. The summed E-state index contributed by atoms with van der Waals surface area (Å²) in [6.45, 7) is -0.0409. The molecular weight excluding hydrogens is 331 g/mol. The number of hydrogen-bond donors (Lipinski definition) is 1. The molecule has 3 rings (SSSR count). The third kappa shape index (κ3) is 3.62. The van der Waals surface area contributed by atoms with Gasteiger partial charge in [0.05, 0.1) is 4.90 Å². The van der Waals surface area contributed by atoms with E-state index in [1.807, 2.05) is 0 Å². The van der Waals surface area contributed by atoms with Gasteiger partial charge in [-0.05, 0) is 48.7 Å². The topological polar surface area (TPSA) is 76.1 Å². The van der Waals surface area contributed by atoms with E-state index < -0.39 is 20.9 Å². The molecule has 0 spiro atoms. The van der Waals surface area contributed by atoms with Crippen molar-refractivity contribution in [2.24, 2.45) is 5.92 Å². The van der Waals surface area contributed by atoms with Gasteiger partial charge in [-0.2, -0.15) is 0 Å². The highest BCUT2D eigenvalue weighted by atomic mass is 32.2. The van der Waals surface area contributed by atoms with E-state index in [9.17, 15) is 17.6 Å². The minimum atomic E-state index is -3.79. The Morgan fingerprint density at radius 2 is 1.96 bits per heavy atom. The highest BCUT2D eigenvalue weighted by Crippen LogP contribution is 2.31. The molecule has 1 fully saturated rings. The normalized spacial score (nSPS) is 15.7. The number of nitrogens with one attached hydrogen (secondary N) is 1. The fourth-order valence-corrected chi connectivity index (χ4v) is 4.09. The van der Waals surface area contributed by atoms with Gasteiger partial charge in [0.2, 0.25) is 5.91 Å². The molecule has 7 heteroatoms. The number of rotatable bonds is 6. The summed E-state index contributed by atoms with van der Waals surface area (Å²) < 4.78 is 39.0. The monoisotopic (exact) mass is 348 g/mol. The van der Waals surface area contributed by atoms with Gasteiger partial charge in [-0.15, -0.1) is 0 Å². The highest BCUT2D eigenvalue weighted by molar-refractivity contribution is 7.91. The van der Waals surface area contributed by atoms with Crippen molar-refractivity contribution in [1.29, 1.82) is 0 Å². The van der Waals surface area contributed by atoms with Crippen LogP contribution in [0.3, 0.4) is 0 Å². The highest BCUT2D eigenvalue weighted by Gasteiger charge is 2.33. The lowest BCUT2D eigenvalue weighted by Crippen LogP contribution is -2.32. The average Bonchev–Trinajstić information content (AvgIpc) is 3.41. The van der Waals surface area contributed by atoms with Crippen LogP contribution in [0.5, 0.6) is 0 Å². The van der Waals surface area contributed by atoms with Crippen LogP contribution < -0.4 is 5.32 Å². The molecule has 1 aliphatic carbocycles. The van der Waals surface area contributed by atoms with Crippen LogP contribution >= 0.6 is 0 Å². The third-order valence-electron chi connectivity index (χ3n) is 3.98. The lowest BCUT2D eigenvalue weighted by molar-refractivity contribution is -0.122. The number of halogens is 1. The zero-order valence-corrected chi connectivity index (χ0v) is 13.7. The standard InChI is InChI=1S/C17H17FN2O3S/c18-14-5-7-15(8-6-14)24(22,23)16(13-2-1-9-19-10-13)11-20-17(21)12-3-4-12/h1-2,5-10,12,16H,3-4,11H2,(H,20,21)/t16-/m1/s1. The average molecular weight is 348 g/mol. The summed E-state index contributed by atoms with van der Waals surface area (Å²) in [6, 6.07) is 7.98. The molecule has 1 aliphatic rings. The lowest BCUT2D eigenvalue weighted by Gasteiger charge is -2.18. The Kier molecular flexibility index (Phi) is 4.62. The van der Waals surface area contributed by atoms with Crippen molar-refractivity contribution >= 4 is 15.7 Å². The first kappa shape index (κ1) is 16.6. The summed E-state index contributed by atoms with van der Waals surface area (Å²) >= 11 is 0. The molecule has 0 bridgehead atoms. The number of benzene rings is 1. The van der Waals surface area contributed by atoms with E-state index >= 15 is 0 Å². The van der Waals surface area contributed by atoms with Crippen LogP contribution in [-0.2, 0) is 14.6 Å². The van der Waals surface area contributed by atoms with Gasteiger partial charge in [0.1, 0.15) is 11.1 Å². The molecule has 0 aliphatic heterocycles. The molecule has 1 atom stereocenters. The summed E-state index contributed by atoms with van der Waals surface area (Å²) in [5.41, 5.74) is 0.484. The molecule has 1 amide bonds. The van der Waals surface area contributed by atoms with Gasteiger partial charge < -0.3 is 5.32 Å². The van der Waals surface area contributed by atoms with Gasteiger partial charge in [-0.3, -0.25) is 9.78 Å². The van der Waals surface area contributed by atoms with Crippen molar-refractivity contribution in [2.75, 3.05) is 6.54 Å². The molecule has 0 unspecified atom stereocenters. The maximum absolute atomic E-state index is 13.1. The second kappa shape index (κ2) is 6.68. The molecule has 2 aromatic rings. The van der Waals surface area contributed by atoms with Crippen LogP contribution in [0.25, 0.3) is 0 Å². The Balaban J connectivity index is 1.90. The Hall–Kier alpha value is -2.28. The maximum atomic E-state index is 13.1. The fraction of sp³-hybridized carbons (Fsp3) is 0.294. The van der Waals surface area contributed by atoms with Gasteiger partial charge >= 0.3 is 0 Å². The molecule has 1 aromatic carbocycles. The number of pyridine rings is 1. The van der Waals surface area contributed by atoms with Crippen LogP contribution in [0.4, 0.5) is 4.39 Å². The largest absolute Gasteiger partial charge is 0.354 e. The van der Waals surface area contributed by atoms with Gasteiger partial charge in [-0.25, -0.2) is 12.8 Å². The van der Waals surface area contributed by atoms with Crippen LogP contribution in [0, 0.1) is 11.7 Å². The van der Waals surface area contributed by atoms with E-state index in [4.69, 9.17) is 0 Å². The third-order valence-corrected chi connectivity index (χ3v) is 6.10. The maximum Gasteiger partial charge on any atom is 0.223 e. The number of carbonyl (C=O) groups is 1. The van der Waals surface area contributed by atoms with Crippen molar-refractivity contribution in [2.45, 2.75) is 23.0 Å². The van der Waals surface area contributed by atoms with Gasteiger partial charge in [0, 0.05) is 24.9 Å². The van der Waals surface area contributed by atoms with Crippen molar-refractivity contribution in [3.05, 3.63) is 60.2 Å². The molecule has 126 valence electrons. The Morgan fingerprint density at radius 1 is 1.25 bits per heavy atom. The summed E-state index contributed by atoms with van der Waals surface area (Å²) in [5, 5.41) is 1.74. The first-order chi connectivity index (χ1) is 11.5. The minimum Gasteiger partial charge on any atom is -0.354 e. The minimum absolute atomic E-state index is 0.00641. The number of aromatic nitrogens is 1. The van der Waals surface area contributed by atoms with E-state index in [-0.39, 0.29) is 23.3 Å². The summed E-state index contributed by atoms with van der Waals surface area (Å²) in [6.07, 6.45) is 4.70. The van der Waals surface area contributed by atoms with Crippen molar-refractivity contribution in [3.8, 4) is 0 Å². The quantitative estimate of drug-likeness (QED) is 0.813. The fourth-order valence-electron chi connectivity index (χ4n) is 2.44. The molecule has 24 heavy (non-hydrogen) atoms. The van der Waals surface area contributed by atoms with E-state index in [1.165, 1.54) is 18.3 Å². The Bertz CT molecular complexity index is 819. The Morgan fingerprint density at radius 3 is 2.54 bits per heavy atom. The molecular formula is C17H17FN2O3S. The van der Waals surface area contributed by atoms with E-state index in [0.717, 1.165) is 25.0 Å². The summed E-state index contributed by atoms with van der Waals surface area (Å²) in [4.78, 5) is 15.9. The van der Waals surface area contributed by atoms with Crippen LogP contribution in [0.15, 0.2) is 53.7 Å². The molecule has 1 heterocycles. The summed E-state index contributed by atoms with van der Waals surface area (Å²) in [7, 11) is -3.79. The zero-order valence-electron chi connectivity index (χ0n) is 12.9. The van der Waals surface area contributed by atoms with Crippen molar-refractivity contribution in [1.82, 2.24) is 10.3 Å². The number of amides is 1. The summed E-state index contributed by atoms with van der Waals surface area (Å²) in [5.74, 6) is -0.639. The molecule has 1 aromatic heterocycles. The predicted molar refractivity (Wildman–Crippen MR) is 86.3 cm³/mol. The van der Waals surface area contributed by atoms with Gasteiger partial charge in [0.15, 0.2) is 9.84 Å². The second-order valence-electron chi connectivity index (χ2n) is 5.79. The first-order valence-corrected chi connectivity index (χ1v) is 9.20. The first-order valence-electron chi connectivity index (χ1n) is 7.65. The number of sulfone groups is 1. The van der Waals surface area contributed by atoms with Crippen LogP contribution in [0.1, 0.15) is 23.7 Å². The van der Waals surface area contributed by atoms with Crippen LogP contribution in [-0.4, -0.2) is 25.9 Å². The van der Waals surface area contributed by atoms with Gasteiger partial charge in [-0.1, -0.05) is 6.07 Å². The molecule has 1 N–H and O–H groups in total. The number of nitrogens with zero attached hydrogens (tertiary/aromatic N) is 1. The molecule has 0 saturated heterocycles.